The van der Waals surface area contributed by atoms with Crippen LogP contribution in [0.1, 0.15) is 70.1 Å². The Morgan fingerprint density at radius 3 is 2.51 bits per heavy atom. The lowest BCUT2D eigenvalue weighted by Crippen LogP contribution is -2.55. The smallest absolute Gasteiger partial charge is 0.180 e. The van der Waals surface area contributed by atoms with Gasteiger partial charge in [-0.1, -0.05) is 59.1 Å². The van der Waals surface area contributed by atoms with Gasteiger partial charge in [0.2, 0.25) is 0 Å². The number of aryl methyl sites for hydroxylation is 1. The average Bonchev–Trinajstić information content (AvgIpc) is 2.97. The highest BCUT2D eigenvalue weighted by atomic mass is 16.5. The highest BCUT2D eigenvalue weighted by Gasteiger charge is 2.39. The Morgan fingerprint density at radius 2 is 1.88 bits per heavy atom. The van der Waals surface area contributed by atoms with Gasteiger partial charge in [-0.2, -0.15) is 0 Å². The average molecular weight is 566 g/mol. The van der Waals surface area contributed by atoms with Crippen LogP contribution in [0, 0.1) is 6.92 Å². The van der Waals surface area contributed by atoms with Crippen LogP contribution in [0.5, 0.6) is 0 Å². The summed E-state index contributed by atoms with van der Waals surface area (Å²) in [6.45, 7) is 28.3. The number of carbonyl (C=O) groups excluding carboxylic acids is 1. The van der Waals surface area contributed by atoms with Crippen molar-refractivity contribution >= 4 is 17.2 Å². The summed E-state index contributed by atoms with van der Waals surface area (Å²) < 4.78 is 17.3. The fourth-order valence-electron chi connectivity index (χ4n) is 5.54. The van der Waals surface area contributed by atoms with Crippen LogP contribution in [0.3, 0.4) is 0 Å². The van der Waals surface area contributed by atoms with E-state index in [1.54, 1.807) is 0 Å². The second-order valence-electron chi connectivity index (χ2n) is 11.1. The Balaban J connectivity index is 0.00000147. The molecule has 0 saturated carbocycles. The number of likely N-dealkylation sites (tertiary alicyclic amines) is 1. The molecule has 3 fully saturated rings. The molecular formula is C34H51N3O4. The highest BCUT2D eigenvalue weighted by molar-refractivity contribution is 5.86. The molecule has 3 aliphatic heterocycles. The first-order valence-electron chi connectivity index (χ1n) is 15.2. The number of fused-ring (bicyclic) bond motifs is 2. The van der Waals surface area contributed by atoms with E-state index in [-0.39, 0.29) is 30.6 Å². The van der Waals surface area contributed by atoms with Gasteiger partial charge in [-0.05, 0) is 50.0 Å². The molecule has 0 amide bonds. The van der Waals surface area contributed by atoms with Crippen LogP contribution in [0.2, 0.25) is 0 Å². The zero-order valence-corrected chi connectivity index (χ0v) is 26.0. The predicted octanol–water partition coefficient (Wildman–Crippen LogP) is 5.92. The molecule has 1 aromatic carbocycles. The minimum atomic E-state index is -0.127. The zero-order valence-electron chi connectivity index (χ0n) is 26.0. The summed E-state index contributed by atoms with van der Waals surface area (Å²) in [7, 11) is 0. The van der Waals surface area contributed by atoms with Gasteiger partial charge in [0.15, 0.2) is 5.78 Å². The van der Waals surface area contributed by atoms with E-state index >= 15 is 0 Å². The van der Waals surface area contributed by atoms with Gasteiger partial charge in [0.05, 0.1) is 37.9 Å². The summed E-state index contributed by atoms with van der Waals surface area (Å²) >= 11 is 0. The fourth-order valence-corrected chi connectivity index (χ4v) is 5.54. The molecule has 7 heteroatoms. The van der Waals surface area contributed by atoms with E-state index in [2.05, 4.69) is 80.7 Å². The molecular weight excluding hydrogens is 514 g/mol. The maximum Gasteiger partial charge on any atom is 0.180 e. The van der Waals surface area contributed by atoms with E-state index in [4.69, 9.17) is 14.2 Å². The number of allylic oxidation sites excluding steroid dienone is 1. The highest BCUT2D eigenvalue weighted by Crippen LogP contribution is 2.30. The summed E-state index contributed by atoms with van der Waals surface area (Å²) in [5.41, 5.74) is 4.93. The number of benzene rings is 1. The predicted molar refractivity (Wildman–Crippen MR) is 168 cm³/mol. The van der Waals surface area contributed by atoms with Gasteiger partial charge in [0.1, 0.15) is 18.1 Å². The molecule has 0 radical (unpaired) electrons. The van der Waals surface area contributed by atoms with Crippen LogP contribution in [-0.2, 0) is 19.0 Å². The van der Waals surface area contributed by atoms with Crippen LogP contribution in [-0.4, -0.2) is 79.8 Å². The van der Waals surface area contributed by atoms with E-state index in [0.29, 0.717) is 6.54 Å². The van der Waals surface area contributed by atoms with E-state index < -0.39 is 0 Å². The summed E-state index contributed by atoms with van der Waals surface area (Å²) in [4.78, 5) is 17.0. The molecule has 1 aromatic rings. The van der Waals surface area contributed by atoms with E-state index in [1.165, 1.54) is 6.42 Å². The number of ether oxygens (including phenoxy) is 3. The number of rotatable bonds is 11. The van der Waals surface area contributed by atoms with Crippen molar-refractivity contribution in [2.75, 3.05) is 46.0 Å². The molecule has 7 nitrogen and oxygen atoms in total. The molecule has 226 valence electrons. The second-order valence-corrected chi connectivity index (χ2v) is 11.1. The van der Waals surface area contributed by atoms with Gasteiger partial charge in [-0.3, -0.25) is 9.69 Å². The number of piperidine rings is 1. The molecule has 1 N–H and O–H groups in total. The third-order valence-corrected chi connectivity index (χ3v) is 7.78. The van der Waals surface area contributed by atoms with Gasteiger partial charge in [0.25, 0.3) is 0 Å². The number of nitrogens with one attached hydrogen (secondary N) is 1. The molecule has 0 aromatic heterocycles. The lowest BCUT2D eigenvalue weighted by atomic mass is 9.92. The number of hydrogen-bond acceptors (Lipinski definition) is 7. The second kappa shape index (κ2) is 15.9. The first-order chi connectivity index (χ1) is 19.7. The van der Waals surface area contributed by atoms with E-state index in [0.717, 1.165) is 91.7 Å². The molecule has 4 rings (SSSR count). The number of morpholine rings is 1. The van der Waals surface area contributed by atoms with Crippen molar-refractivity contribution in [3.63, 3.8) is 0 Å². The first kappa shape index (κ1) is 32.6. The fraction of sp³-hybridized carbons (Fsp3) is 0.559. The Hall–Kier alpha value is -2.87. The van der Waals surface area contributed by atoms with Gasteiger partial charge in [-0.15, -0.1) is 0 Å². The minimum Gasteiger partial charge on any atom is -0.461 e. The number of hydrogen-bond donors (Lipinski definition) is 1. The lowest BCUT2D eigenvalue weighted by molar-refractivity contribution is -0.144. The first-order valence-corrected chi connectivity index (χ1v) is 15.2. The summed E-state index contributed by atoms with van der Waals surface area (Å²) in [6.07, 6.45) is 5.94. The number of Topliss-reactive ketones (excluding diaryl/α,β-unsaturated/α-hetero) is 1. The van der Waals surface area contributed by atoms with Gasteiger partial charge < -0.3 is 24.4 Å². The summed E-state index contributed by atoms with van der Waals surface area (Å²) in [6, 6.07) is 6.14. The normalized spacial score (nSPS) is 21.8. The molecule has 2 bridgehead atoms. The third kappa shape index (κ3) is 8.81. The molecule has 41 heavy (non-hydrogen) atoms. The Bertz CT molecular complexity index is 1110. The minimum absolute atomic E-state index is 0.00683. The van der Waals surface area contributed by atoms with Crippen LogP contribution in [0.4, 0.5) is 0 Å². The van der Waals surface area contributed by atoms with Crippen LogP contribution in [0.25, 0.3) is 11.5 Å². The molecule has 3 saturated heterocycles. The van der Waals surface area contributed by atoms with Gasteiger partial charge in [0, 0.05) is 43.0 Å². The topological polar surface area (TPSA) is 63.3 Å². The SMILES string of the molecule is C=C(CN1CCOCC1)O/C(=C\C)c1ccc(C(=C)NC(CC)C(=C)N2CCC3CC2C(=O)CO3)cc1C.CCC. The van der Waals surface area contributed by atoms with Crippen molar-refractivity contribution in [2.45, 2.75) is 78.5 Å². The van der Waals surface area contributed by atoms with Crippen LogP contribution < -0.4 is 5.32 Å². The number of ketones is 1. The van der Waals surface area contributed by atoms with Crippen molar-refractivity contribution in [3.8, 4) is 0 Å². The van der Waals surface area contributed by atoms with Crippen molar-refractivity contribution in [3.05, 3.63) is 72.2 Å². The van der Waals surface area contributed by atoms with Crippen molar-refractivity contribution < 1.29 is 19.0 Å². The number of carbonyl (C=O) groups is 1. The molecule has 3 heterocycles. The Labute approximate surface area is 247 Å². The quantitative estimate of drug-likeness (QED) is 0.334. The van der Waals surface area contributed by atoms with Crippen LogP contribution in [0.15, 0.2) is 55.5 Å². The summed E-state index contributed by atoms with van der Waals surface area (Å²) in [5.74, 6) is 1.68. The molecule has 0 aliphatic carbocycles. The third-order valence-electron chi connectivity index (χ3n) is 7.78. The zero-order chi connectivity index (χ0) is 29.9. The van der Waals surface area contributed by atoms with Gasteiger partial charge in [-0.25, -0.2) is 0 Å². The monoisotopic (exact) mass is 565 g/mol. The maximum atomic E-state index is 12.5. The van der Waals surface area contributed by atoms with E-state index in [1.807, 2.05) is 13.0 Å². The molecule has 0 spiro atoms. The Kier molecular flexibility index (Phi) is 12.7. The molecule has 3 unspecified atom stereocenters. The van der Waals surface area contributed by atoms with Crippen molar-refractivity contribution in [1.82, 2.24) is 15.1 Å². The maximum absolute atomic E-state index is 12.5. The largest absolute Gasteiger partial charge is 0.461 e. The van der Waals surface area contributed by atoms with Crippen molar-refractivity contribution in [1.29, 1.82) is 0 Å². The lowest BCUT2D eigenvalue weighted by Gasteiger charge is -2.45. The summed E-state index contributed by atoms with van der Waals surface area (Å²) in [5, 5.41) is 3.58. The van der Waals surface area contributed by atoms with Crippen molar-refractivity contribution in [2.24, 2.45) is 0 Å². The van der Waals surface area contributed by atoms with Crippen LogP contribution >= 0.6 is 0 Å². The molecule has 3 atom stereocenters. The number of nitrogens with zero attached hydrogens (tertiary/aromatic N) is 2. The molecule has 3 aliphatic rings. The van der Waals surface area contributed by atoms with E-state index in [9.17, 15) is 4.79 Å². The standard InChI is InChI=1S/C31H43N3O4.C3H8/c1-7-28(24(6)34-12-11-26-18-29(34)30(35)20-37-26)32-23(5)25-9-10-27(21(3)17-25)31(8-2)38-22(4)19-33-13-15-36-16-14-33;1-3-2/h8-10,17,26,28-29,32H,4-7,11-16,18-20H2,1-3H3;3H2,1-2H3/b31-8-;. The van der Waals surface area contributed by atoms with Gasteiger partial charge >= 0.3 is 0 Å². The Morgan fingerprint density at radius 1 is 1.17 bits per heavy atom.